The zero-order valence-corrected chi connectivity index (χ0v) is 23.6. The third-order valence-corrected chi connectivity index (χ3v) is 7.70. The van der Waals surface area contributed by atoms with Gasteiger partial charge in [-0.05, 0) is 67.1 Å². The number of ketones is 1. The Kier molecular flexibility index (Phi) is 7.55. The van der Waals surface area contributed by atoms with Gasteiger partial charge in [-0.15, -0.1) is 0 Å². The van der Waals surface area contributed by atoms with E-state index in [4.69, 9.17) is 30.5 Å². The fourth-order valence-corrected chi connectivity index (χ4v) is 5.77. The lowest BCUT2D eigenvalue weighted by atomic mass is 9.95. The fraction of sp³-hybridized carbons (Fsp3) is 0.207. The summed E-state index contributed by atoms with van der Waals surface area (Å²) in [4.78, 5) is 33.2. The van der Waals surface area contributed by atoms with Crippen LogP contribution in [0.15, 0.2) is 60.2 Å². The molecule has 40 heavy (non-hydrogen) atoms. The number of ether oxygens (including phenoxy) is 4. The van der Waals surface area contributed by atoms with Crippen molar-refractivity contribution in [1.29, 1.82) is 0 Å². The largest absolute Gasteiger partial charge is 0.507 e. The van der Waals surface area contributed by atoms with Gasteiger partial charge in [0.05, 0.1) is 49.8 Å². The molecule has 0 unspecified atom stereocenters. The highest BCUT2D eigenvalue weighted by molar-refractivity contribution is 7.22. The van der Waals surface area contributed by atoms with Gasteiger partial charge in [-0.3, -0.25) is 14.5 Å². The highest BCUT2D eigenvalue weighted by Gasteiger charge is 2.48. The zero-order chi connectivity index (χ0) is 28.6. The maximum atomic E-state index is 13.6. The lowest BCUT2D eigenvalue weighted by Crippen LogP contribution is -2.29. The second-order valence-electron chi connectivity index (χ2n) is 8.69. The molecular formula is C29H25ClN2O7S. The summed E-state index contributed by atoms with van der Waals surface area (Å²) < 4.78 is 22.9. The number of amides is 1. The van der Waals surface area contributed by atoms with E-state index in [9.17, 15) is 14.7 Å². The molecule has 11 heteroatoms. The van der Waals surface area contributed by atoms with Gasteiger partial charge in [0.25, 0.3) is 5.78 Å². The summed E-state index contributed by atoms with van der Waals surface area (Å²) in [6.07, 6.45) is 0. The summed E-state index contributed by atoms with van der Waals surface area (Å²) in [5, 5.41) is 12.1. The number of rotatable bonds is 8. The average molecular weight is 581 g/mol. The SMILES string of the molecule is CCOc1ccc2nc(N3C(=O)C(=O)C(=C(O)c4ccc(Cl)cc4)[C@@H]3c3cc(OC)c(OC)c(OC)c3)sc2c1. The number of fused-ring (bicyclic) bond motifs is 1. The number of carbonyl (C=O) groups excluding carboxylic acids is 2. The van der Waals surface area contributed by atoms with Gasteiger partial charge >= 0.3 is 5.91 Å². The minimum Gasteiger partial charge on any atom is -0.507 e. The van der Waals surface area contributed by atoms with Gasteiger partial charge < -0.3 is 24.1 Å². The van der Waals surface area contributed by atoms with Crippen LogP contribution in [0.25, 0.3) is 16.0 Å². The number of carbonyl (C=O) groups is 2. The van der Waals surface area contributed by atoms with Crippen LogP contribution in [0, 0.1) is 0 Å². The van der Waals surface area contributed by atoms with E-state index >= 15 is 0 Å². The smallest absolute Gasteiger partial charge is 0.301 e. The van der Waals surface area contributed by atoms with Gasteiger partial charge in [-0.2, -0.15) is 0 Å². The molecule has 0 bridgehead atoms. The third kappa shape index (κ3) is 4.69. The number of hydrogen-bond acceptors (Lipinski definition) is 9. The molecule has 1 N–H and O–H groups in total. The number of hydrogen-bond donors (Lipinski definition) is 1. The Balaban J connectivity index is 1.75. The highest BCUT2D eigenvalue weighted by atomic mass is 35.5. The Morgan fingerprint density at radius 1 is 1.00 bits per heavy atom. The van der Waals surface area contributed by atoms with Crippen molar-refractivity contribution in [2.45, 2.75) is 13.0 Å². The molecule has 1 atom stereocenters. The van der Waals surface area contributed by atoms with Crippen molar-refractivity contribution in [3.05, 3.63) is 76.3 Å². The molecule has 1 aliphatic rings. The molecule has 1 aliphatic heterocycles. The normalized spacial score (nSPS) is 16.4. The first-order valence-corrected chi connectivity index (χ1v) is 13.4. The zero-order valence-electron chi connectivity index (χ0n) is 22.1. The monoisotopic (exact) mass is 580 g/mol. The van der Waals surface area contributed by atoms with Gasteiger partial charge in [0, 0.05) is 10.6 Å². The number of benzene rings is 3. The Labute approximate surface area is 239 Å². The van der Waals surface area contributed by atoms with Crippen molar-refractivity contribution >= 4 is 55.7 Å². The number of Topliss-reactive ketones (excluding diaryl/α,β-unsaturated/α-hetero) is 1. The number of anilines is 1. The summed E-state index contributed by atoms with van der Waals surface area (Å²) in [7, 11) is 4.41. The molecule has 3 aromatic carbocycles. The molecular weight excluding hydrogens is 556 g/mol. The maximum Gasteiger partial charge on any atom is 0.301 e. The molecule has 5 rings (SSSR count). The molecule has 0 aliphatic carbocycles. The molecule has 1 fully saturated rings. The number of halogens is 1. The lowest BCUT2D eigenvalue weighted by Gasteiger charge is -2.24. The summed E-state index contributed by atoms with van der Waals surface area (Å²) in [5.41, 5.74) is 1.28. The first-order chi connectivity index (χ1) is 19.3. The van der Waals surface area contributed by atoms with Crippen LogP contribution in [0.3, 0.4) is 0 Å². The van der Waals surface area contributed by atoms with E-state index in [2.05, 4.69) is 4.98 Å². The van der Waals surface area contributed by atoms with Crippen molar-refractivity contribution in [2.75, 3.05) is 32.8 Å². The van der Waals surface area contributed by atoms with Crippen LogP contribution in [0.2, 0.25) is 5.02 Å². The fourth-order valence-electron chi connectivity index (χ4n) is 4.62. The van der Waals surface area contributed by atoms with Gasteiger partial charge in [-0.25, -0.2) is 4.98 Å². The summed E-state index contributed by atoms with van der Waals surface area (Å²) in [6.45, 7) is 2.39. The van der Waals surface area contributed by atoms with E-state index < -0.39 is 17.7 Å². The molecule has 1 saturated heterocycles. The van der Waals surface area contributed by atoms with E-state index in [1.807, 2.05) is 13.0 Å². The molecule has 0 spiro atoms. The number of aromatic nitrogens is 1. The van der Waals surface area contributed by atoms with Crippen molar-refractivity contribution < 1.29 is 33.6 Å². The van der Waals surface area contributed by atoms with Crippen LogP contribution in [0.5, 0.6) is 23.0 Å². The van der Waals surface area contributed by atoms with Gasteiger partial charge in [-0.1, -0.05) is 22.9 Å². The lowest BCUT2D eigenvalue weighted by molar-refractivity contribution is -0.132. The Bertz CT molecular complexity index is 1620. The second-order valence-corrected chi connectivity index (χ2v) is 10.1. The minimum atomic E-state index is -1.06. The summed E-state index contributed by atoms with van der Waals surface area (Å²) in [6, 6.07) is 14.0. The Morgan fingerprint density at radius 2 is 1.68 bits per heavy atom. The molecule has 0 saturated carbocycles. The van der Waals surface area contributed by atoms with Crippen LogP contribution >= 0.6 is 22.9 Å². The highest BCUT2D eigenvalue weighted by Crippen LogP contribution is 2.48. The molecule has 2 heterocycles. The Hall–Kier alpha value is -4.28. The van der Waals surface area contributed by atoms with Gasteiger partial charge in [0.2, 0.25) is 5.75 Å². The summed E-state index contributed by atoms with van der Waals surface area (Å²) in [5.74, 6) is -0.406. The average Bonchev–Trinajstić information content (AvgIpc) is 3.49. The molecule has 0 radical (unpaired) electrons. The minimum absolute atomic E-state index is 0.115. The van der Waals surface area contributed by atoms with E-state index in [1.54, 1.807) is 48.5 Å². The topological polar surface area (TPSA) is 107 Å². The van der Waals surface area contributed by atoms with Crippen LogP contribution in [0.1, 0.15) is 24.1 Å². The predicted molar refractivity (Wildman–Crippen MR) is 153 cm³/mol. The van der Waals surface area contributed by atoms with Crippen molar-refractivity contribution in [3.63, 3.8) is 0 Å². The van der Waals surface area contributed by atoms with E-state index in [0.717, 1.165) is 4.70 Å². The standard InChI is InChI=1S/C29H25ClN2O7S/c1-5-39-18-10-11-19-22(14-18)40-29(31-19)32-24(16-12-20(36-2)27(38-4)21(13-16)37-3)23(26(34)28(32)35)25(33)15-6-8-17(30)9-7-15/h6-14,24,33H,5H2,1-4H3/t24-/m0/s1. The van der Waals surface area contributed by atoms with E-state index in [1.165, 1.54) is 37.6 Å². The van der Waals surface area contributed by atoms with Crippen LogP contribution < -0.4 is 23.8 Å². The van der Waals surface area contributed by atoms with Crippen LogP contribution in [-0.2, 0) is 9.59 Å². The predicted octanol–water partition coefficient (Wildman–Crippen LogP) is 6.00. The maximum absolute atomic E-state index is 13.6. The number of aliphatic hydroxyl groups excluding tert-OH is 1. The quantitative estimate of drug-likeness (QED) is 0.154. The first kappa shape index (κ1) is 27.3. The van der Waals surface area contributed by atoms with E-state index in [0.29, 0.717) is 51.3 Å². The Morgan fingerprint density at radius 3 is 2.27 bits per heavy atom. The van der Waals surface area contributed by atoms with Crippen LogP contribution in [0.4, 0.5) is 5.13 Å². The molecule has 9 nitrogen and oxygen atoms in total. The van der Waals surface area contributed by atoms with Gasteiger partial charge in [0.1, 0.15) is 11.5 Å². The number of nitrogens with zero attached hydrogens (tertiary/aromatic N) is 2. The van der Waals surface area contributed by atoms with Crippen LogP contribution in [-0.4, -0.2) is 49.7 Å². The second kappa shape index (κ2) is 11.1. The molecule has 4 aromatic rings. The van der Waals surface area contributed by atoms with E-state index in [-0.39, 0.29) is 16.5 Å². The summed E-state index contributed by atoms with van der Waals surface area (Å²) >= 11 is 7.27. The molecule has 1 amide bonds. The third-order valence-electron chi connectivity index (χ3n) is 6.43. The number of aliphatic hydroxyl groups is 1. The first-order valence-electron chi connectivity index (χ1n) is 12.2. The van der Waals surface area contributed by atoms with Crippen molar-refractivity contribution in [3.8, 4) is 23.0 Å². The van der Waals surface area contributed by atoms with Crippen molar-refractivity contribution in [1.82, 2.24) is 4.98 Å². The molecule has 1 aromatic heterocycles. The number of methoxy groups -OCH3 is 3. The number of thiazole rings is 1. The van der Waals surface area contributed by atoms with Gasteiger partial charge in [0.15, 0.2) is 16.6 Å². The van der Waals surface area contributed by atoms with Crippen molar-refractivity contribution in [2.24, 2.45) is 0 Å². The molecule has 206 valence electrons.